The van der Waals surface area contributed by atoms with Gasteiger partial charge in [-0.2, -0.15) is 0 Å². The van der Waals surface area contributed by atoms with E-state index in [4.69, 9.17) is 4.42 Å². The molecule has 5 nitrogen and oxygen atoms in total. The van der Waals surface area contributed by atoms with Crippen LogP contribution in [0.15, 0.2) is 33.5 Å². The lowest BCUT2D eigenvalue weighted by atomic mass is 10.1. The highest BCUT2D eigenvalue weighted by Gasteiger charge is 2.15. The van der Waals surface area contributed by atoms with Crippen LogP contribution in [0.4, 0.5) is 0 Å². The predicted octanol–water partition coefficient (Wildman–Crippen LogP) is 3.07. The first-order valence-electron chi connectivity index (χ1n) is 8.56. The zero-order chi connectivity index (χ0) is 16.7. The van der Waals surface area contributed by atoms with Crippen LogP contribution in [0.2, 0.25) is 0 Å². The molecule has 1 aliphatic rings. The van der Waals surface area contributed by atoms with E-state index in [0.29, 0.717) is 30.8 Å². The van der Waals surface area contributed by atoms with Crippen molar-refractivity contribution in [2.75, 3.05) is 19.6 Å². The number of aryl methyl sites for hydroxylation is 1. The molecule has 0 spiro atoms. The zero-order valence-electron chi connectivity index (χ0n) is 14.1. The van der Waals surface area contributed by atoms with Crippen molar-refractivity contribution >= 4 is 16.9 Å². The van der Waals surface area contributed by atoms with Crippen LogP contribution in [-0.4, -0.2) is 34.9 Å². The fourth-order valence-electron chi connectivity index (χ4n) is 2.86. The minimum absolute atomic E-state index is 0.278. The number of aromatic nitrogens is 1. The SMILES string of the molecule is CC.O=C1CCN(CCCCn2c(=O)oc3ccccc32)CC1. The first kappa shape index (κ1) is 17.5. The number of nitrogens with zero attached hydrogens (tertiary/aromatic N) is 2. The highest BCUT2D eigenvalue weighted by Crippen LogP contribution is 2.13. The Labute approximate surface area is 136 Å². The van der Waals surface area contributed by atoms with E-state index in [1.54, 1.807) is 4.57 Å². The van der Waals surface area contributed by atoms with Gasteiger partial charge in [-0.1, -0.05) is 26.0 Å². The third-order valence-electron chi connectivity index (χ3n) is 4.09. The number of benzene rings is 1. The van der Waals surface area contributed by atoms with E-state index in [0.717, 1.165) is 38.0 Å². The van der Waals surface area contributed by atoms with Gasteiger partial charge in [0.25, 0.3) is 0 Å². The minimum Gasteiger partial charge on any atom is -0.408 e. The maximum atomic E-state index is 11.8. The lowest BCUT2D eigenvalue weighted by Crippen LogP contribution is -2.34. The Morgan fingerprint density at radius 2 is 1.65 bits per heavy atom. The maximum absolute atomic E-state index is 11.8. The molecule has 23 heavy (non-hydrogen) atoms. The van der Waals surface area contributed by atoms with Gasteiger partial charge in [-0.15, -0.1) is 0 Å². The van der Waals surface area contributed by atoms with E-state index in [9.17, 15) is 9.59 Å². The van der Waals surface area contributed by atoms with E-state index in [1.165, 1.54) is 0 Å². The number of likely N-dealkylation sites (tertiary alicyclic amines) is 1. The fourth-order valence-corrected chi connectivity index (χ4v) is 2.86. The van der Waals surface area contributed by atoms with Gasteiger partial charge in [0, 0.05) is 32.5 Å². The number of para-hydroxylation sites is 2. The molecule has 0 radical (unpaired) electrons. The monoisotopic (exact) mass is 318 g/mol. The number of oxazole rings is 1. The van der Waals surface area contributed by atoms with Crippen molar-refractivity contribution in [3.63, 3.8) is 0 Å². The molecule has 1 aliphatic heterocycles. The van der Waals surface area contributed by atoms with Gasteiger partial charge in [-0.05, 0) is 31.5 Å². The van der Waals surface area contributed by atoms with Gasteiger partial charge in [0.1, 0.15) is 5.78 Å². The van der Waals surface area contributed by atoms with Crippen LogP contribution in [0.25, 0.3) is 11.1 Å². The van der Waals surface area contributed by atoms with E-state index >= 15 is 0 Å². The number of Topliss-reactive ketones (excluding diaryl/α,β-unsaturated/α-hetero) is 1. The van der Waals surface area contributed by atoms with E-state index in [1.807, 2.05) is 38.1 Å². The number of fused-ring (bicyclic) bond motifs is 1. The largest absolute Gasteiger partial charge is 0.419 e. The summed E-state index contributed by atoms with van der Waals surface area (Å²) >= 11 is 0. The van der Waals surface area contributed by atoms with Crippen LogP contribution in [0.3, 0.4) is 0 Å². The second-order valence-corrected chi connectivity index (χ2v) is 5.57. The topological polar surface area (TPSA) is 55.5 Å². The van der Waals surface area contributed by atoms with Crippen LogP contribution in [0.5, 0.6) is 0 Å². The van der Waals surface area contributed by atoms with Gasteiger partial charge in [0.15, 0.2) is 5.58 Å². The lowest BCUT2D eigenvalue weighted by Gasteiger charge is -2.25. The van der Waals surface area contributed by atoms with Gasteiger partial charge in [-0.3, -0.25) is 9.36 Å². The molecule has 0 saturated carbocycles. The summed E-state index contributed by atoms with van der Waals surface area (Å²) in [5.41, 5.74) is 1.52. The molecule has 5 heteroatoms. The van der Waals surface area contributed by atoms with Crippen molar-refractivity contribution in [1.82, 2.24) is 9.47 Å². The Morgan fingerprint density at radius 3 is 2.39 bits per heavy atom. The number of ketones is 1. The Balaban J connectivity index is 0.000000924. The van der Waals surface area contributed by atoms with Gasteiger partial charge in [-0.25, -0.2) is 4.79 Å². The molecule has 1 saturated heterocycles. The maximum Gasteiger partial charge on any atom is 0.419 e. The second-order valence-electron chi connectivity index (χ2n) is 5.57. The summed E-state index contributed by atoms with van der Waals surface area (Å²) in [4.78, 5) is 25.3. The predicted molar refractivity (Wildman–Crippen MR) is 91.7 cm³/mol. The first-order valence-corrected chi connectivity index (χ1v) is 8.56. The van der Waals surface area contributed by atoms with E-state index < -0.39 is 0 Å². The zero-order valence-corrected chi connectivity index (χ0v) is 14.1. The summed E-state index contributed by atoms with van der Waals surface area (Å²) < 4.78 is 6.92. The molecule has 0 bridgehead atoms. The third-order valence-corrected chi connectivity index (χ3v) is 4.09. The normalized spacial score (nSPS) is 15.5. The molecule has 0 aliphatic carbocycles. The van der Waals surface area contributed by atoms with Crippen LogP contribution >= 0.6 is 0 Å². The number of rotatable bonds is 5. The smallest absolute Gasteiger partial charge is 0.408 e. The average molecular weight is 318 g/mol. The standard InChI is InChI=1S/C16H20N2O3.C2H6/c19-13-7-11-17(12-8-13)9-3-4-10-18-14-5-1-2-6-15(14)21-16(18)20;1-2/h1-2,5-6H,3-4,7-12H2;1-2H3. The Kier molecular flexibility index (Phi) is 6.59. The van der Waals surface area contributed by atoms with Crippen molar-refractivity contribution in [2.24, 2.45) is 0 Å². The summed E-state index contributed by atoms with van der Waals surface area (Å²) in [5.74, 6) is 0.0995. The van der Waals surface area contributed by atoms with Gasteiger partial charge < -0.3 is 9.32 Å². The van der Waals surface area contributed by atoms with Crippen molar-refractivity contribution in [3.05, 3.63) is 34.8 Å². The molecule has 0 N–H and O–H groups in total. The number of carbonyl (C=O) groups is 1. The van der Waals surface area contributed by atoms with E-state index in [2.05, 4.69) is 4.90 Å². The summed E-state index contributed by atoms with van der Waals surface area (Å²) in [7, 11) is 0. The summed E-state index contributed by atoms with van der Waals surface area (Å²) in [6, 6.07) is 7.51. The molecule has 3 rings (SSSR count). The molecule has 1 aromatic heterocycles. The minimum atomic E-state index is -0.278. The number of hydrogen-bond donors (Lipinski definition) is 0. The Morgan fingerprint density at radius 1 is 1.00 bits per heavy atom. The molecule has 0 unspecified atom stereocenters. The number of piperidine rings is 1. The third kappa shape index (κ3) is 4.55. The molecule has 1 fully saturated rings. The van der Waals surface area contributed by atoms with Crippen molar-refractivity contribution in [2.45, 2.75) is 46.1 Å². The molecule has 0 atom stereocenters. The molecule has 2 aromatic rings. The Hall–Kier alpha value is -1.88. The highest BCUT2D eigenvalue weighted by atomic mass is 16.4. The van der Waals surface area contributed by atoms with Gasteiger partial charge >= 0.3 is 5.76 Å². The number of hydrogen-bond acceptors (Lipinski definition) is 4. The molecule has 0 amide bonds. The van der Waals surface area contributed by atoms with Crippen LogP contribution in [0, 0.1) is 0 Å². The lowest BCUT2D eigenvalue weighted by molar-refractivity contribution is -0.121. The Bertz CT molecular complexity index is 677. The van der Waals surface area contributed by atoms with Crippen molar-refractivity contribution in [1.29, 1.82) is 0 Å². The molecule has 1 aromatic carbocycles. The van der Waals surface area contributed by atoms with Crippen LogP contribution in [-0.2, 0) is 11.3 Å². The van der Waals surface area contributed by atoms with Crippen LogP contribution < -0.4 is 5.76 Å². The highest BCUT2D eigenvalue weighted by molar-refractivity contribution is 5.79. The fraction of sp³-hybridized carbons (Fsp3) is 0.556. The molecule has 126 valence electrons. The second kappa shape index (κ2) is 8.67. The number of carbonyl (C=O) groups excluding carboxylic acids is 1. The van der Waals surface area contributed by atoms with Crippen LogP contribution in [0.1, 0.15) is 39.5 Å². The summed E-state index contributed by atoms with van der Waals surface area (Å²) in [6.07, 6.45) is 3.34. The summed E-state index contributed by atoms with van der Waals surface area (Å²) in [5, 5.41) is 0. The molecular formula is C18H26N2O3. The average Bonchev–Trinajstić information content (AvgIpc) is 2.91. The summed E-state index contributed by atoms with van der Waals surface area (Å²) in [6.45, 7) is 7.45. The molecular weight excluding hydrogens is 292 g/mol. The van der Waals surface area contributed by atoms with E-state index in [-0.39, 0.29) is 5.76 Å². The quantitative estimate of drug-likeness (QED) is 0.795. The van der Waals surface area contributed by atoms with Gasteiger partial charge in [0.2, 0.25) is 0 Å². The first-order chi connectivity index (χ1) is 11.2. The van der Waals surface area contributed by atoms with Gasteiger partial charge in [0.05, 0.1) is 5.52 Å². The molecule has 2 heterocycles. The van der Waals surface area contributed by atoms with Crippen molar-refractivity contribution < 1.29 is 9.21 Å². The number of unbranched alkanes of at least 4 members (excludes halogenated alkanes) is 1. The van der Waals surface area contributed by atoms with Crippen molar-refractivity contribution in [3.8, 4) is 0 Å².